The Kier molecular flexibility index (Phi) is 5.00. The summed E-state index contributed by atoms with van der Waals surface area (Å²) in [6, 6.07) is 6.34. The SMILES string of the molecule is Clc1cccc(CSc2nnnn2CCNC2CC2)c1Cl. The Bertz CT molecular complexity index is 614. The third kappa shape index (κ3) is 4.10. The maximum absolute atomic E-state index is 6.18. The van der Waals surface area contributed by atoms with Gasteiger partial charge in [-0.3, -0.25) is 0 Å². The molecule has 1 aromatic heterocycles. The van der Waals surface area contributed by atoms with Gasteiger partial charge in [0.15, 0.2) is 0 Å². The average Bonchev–Trinajstić information content (AvgIpc) is 3.19. The molecule has 0 amide bonds. The summed E-state index contributed by atoms with van der Waals surface area (Å²) in [5, 5.41) is 17.2. The van der Waals surface area contributed by atoms with E-state index in [-0.39, 0.29) is 0 Å². The molecule has 1 aliphatic carbocycles. The zero-order valence-electron chi connectivity index (χ0n) is 11.3. The van der Waals surface area contributed by atoms with Crippen molar-refractivity contribution < 1.29 is 0 Å². The van der Waals surface area contributed by atoms with E-state index in [1.807, 2.05) is 16.8 Å². The number of benzene rings is 1. The van der Waals surface area contributed by atoms with Crippen molar-refractivity contribution in [1.29, 1.82) is 0 Å². The van der Waals surface area contributed by atoms with Gasteiger partial charge in [0.1, 0.15) is 0 Å². The van der Waals surface area contributed by atoms with Crippen LogP contribution in [-0.4, -0.2) is 32.8 Å². The Morgan fingerprint density at radius 2 is 2.19 bits per heavy atom. The van der Waals surface area contributed by atoms with Crippen LogP contribution in [0.1, 0.15) is 18.4 Å². The molecule has 0 unspecified atom stereocenters. The van der Waals surface area contributed by atoms with E-state index in [0.29, 0.717) is 21.8 Å². The second-order valence-electron chi connectivity index (χ2n) is 4.91. The van der Waals surface area contributed by atoms with Crippen LogP contribution < -0.4 is 5.32 Å². The fourth-order valence-electron chi connectivity index (χ4n) is 1.90. The Morgan fingerprint density at radius 1 is 1.33 bits per heavy atom. The van der Waals surface area contributed by atoms with Gasteiger partial charge in [0.05, 0.1) is 16.6 Å². The minimum Gasteiger partial charge on any atom is -0.312 e. The molecule has 2 aromatic rings. The lowest BCUT2D eigenvalue weighted by Crippen LogP contribution is -2.22. The molecule has 1 heterocycles. The highest BCUT2D eigenvalue weighted by Crippen LogP contribution is 2.30. The first-order chi connectivity index (χ1) is 10.2. The minimum absolute atomic E-state index is 0.572. The van der Waals surface area contributed by atoms with E-state index in [1.54, 1.807) is 17.8 Å². The molecule has 0 atom stereocenters. The molecule has 0 aliphatic heterocycles. The van der Waals surface area contributed by atoms with Gasteiger partial charge in [0.2, 0.25) is 5.16 Å². The van der Waals surface area contributed by atoms with Crippen molar-refractivity contribution in [1.82, 2.24) is 25.5 Å². The number of rotatable bonds is 7. The zero-order valence-corrected chi connectivity index (χ0v) is 13.6. The van der Waals surface area contributed by atoms with Crippen LogP contribution in [0, 0.1) is 0 Å². The molecule has 21 heavy (non-hydrogen) atoms. The molecule has 3 rings (SSSR count). The highest BCUT2D eigenvalue weighted by molar-refractivity contribution is 7.98. The van der Waals surface area contributed by atoms with Gasteiger partial charge in [-0.1, -0.05) is 47.1 Å². The molecule has 0 radical (unpaired) electrons. The highest BCUT2D eigenvalue weighted by atomic mass is 35.5. The van der Waals surface area contributed by atoms with Crippen molar-refractivity contribution in [2.24, 2.45) is 0 Å². The molecular formula is C13H15Cl2N5S. The maximum atomic E-state index is 6.18. The Morgan fingerprint density at radius 3 is 3.00 bits per heavy atom. The number of nitrogens with one attached hydrogen (secondary N) is 1. The fourth-order valence-corrected chi connectivity index (χ4v) is 3.27. The lowest BCUT2D eigenvalue weighted by atomic mass is 10.2. The Balaban J connectivity index is 1.57. The van der Waals surface area contributed by atoms with Crippen molar-refractivity contribution >= 4 is 35.0 Å². The number of tetrazole rings is 1. The highest BCUT2D eigenvalue weighted by Gasteiger charge is 2.20. The molecule has 1 N–H and O–H groups in total. The van der Waals surface area contributed by atoms with Crippen LogP contribution in [0.5, 0.6) is 0 Å². The monoisotopic (exact) mass is 343 g/mol. The van der Waals surface area contributed by atoms with Crippen molar-refractivity contribution in [2.75, 3.05) is 6.54 Å². The molecule has 0 spiro atoms. The van der Waals surface area contributed by atoms with Crippen LogP contribution in [0.2, 0.25) is 10.0 Å². The maximum Gasteiger partial charge on any atom is 0.209 e. The van der Waals surface area contributed by atoms with Crippen LogP contribution in [0.25, 0.3) is 0 Å². The van der Waals surface area contributed by atoms with E-state index < -0.39 is 0 Å². The van der Waals surface area contributed by atoms with Gasteiger partial charge in [-0.25, -0.2) is 4.68 Å². The van der Waals surface area contributed by atoms with Crippen LogP contribution in [0.15, 0.2) is 23.4 Å². The molecule has 1 saturated carbocycles. The van der Waals surface area contributed by atoms with E-state index in [1.165, 1.54) is 12.8 Å². The van der Waals surface area contributed by atoms with Crippen molar-refractivity contribution in [3.8, 4) is 0 Å². The molecule has 0 bridgehead atoms. The molecule has 1 aliphatic rings. The lowest BCUT2D eigenvalue weighted by molar-refractivity contribution is 0.509. The summed E-state index contributed by atoms with van der Waals surface area (Å²) in [5.41, 5.74) is 0.986. The van der Waals surface area contributed by atoms with Gasteiger partial charge in [0, 0.05) is 18.3 Å². The van der Waals surface area contributed by atoms with E-state index in [2.05, 4.69) is 20.8 Å². The standard InChI is InChI=1S/C13H15Cl2N5S/c14-11-3-1-2-9(12(11)15)8-21-13-17-18-19-20(13)7-6-16-10-4-5-10/h1-3,10,16H,4-8H2. The number of aromatic nitrogens is 4. The Hall–Kier alpha value is -0.820. The van der Waals surface area contributed by atoms with Crippen LogP contribution in [-0.2, 0) is 12.3 Å². The molecule has 5 nitrogen and oxygen atoms in total. The van der Waals surface area contributed by atoms with Gasteiger partial charge >= 0.3 is 0 Å². The summed E-state index contributed by atoms with van der Waals surface area (Å²) in [6.07, 6.45) is 2.56. The summed E-state index contributed by atoms with van der Waals surface area (Å²) in [4.78, 5) is 0. The first-order valence-corrected chi connectivity index (χ1v) is 8.53. The largest absolute Gasteiger partial charge is 0.312 e. The van der Waals surface area contributed by atoms with Gasteiger partial charge in [0.25, 0.3) is 0 Å². The zero-order chi connectivity index (χ0) is 14.7. The van der Waals surface area contributed by atoms with Gasteiger partial charge in [-0.2, -0.15) is 0 Å². The Labute approximate surface area is 137 Å². The molecular weight excluding hydrogens is 329 g/mol. The number of nitrogens with zero attached hydrogens (tertiary/aromatic N) is 4. The summed E-state index contributed by atoms with van der Waals surface area (Å²) in [6.45, 7) is 1.66. The van der Waals surface area contributed by atoms with Crippen LogP contribution >= 0.6 is 35.0 Å². The normalized spacial score (nSPS) is 14.6. The third-order valence-electron chi connectivity index (χ3n) is 3.22. The minimum atomic E-state index is 0.572. The molecule has 1 fully saturated rings. The van der Waals surface area contributed by atoms with Crippen LogP contribution in [0.3, 0.4) is 0 Å². The van der Waals surface area contributed by atoms with Crippen molar-refractivity contribution in [3.63, 3.8) is 0 Å². The molecule has 1 aromatic carbocycles. The summed E-state index contributed by atoms with van der Waals surface area (Å²) in [7, 11) is 0. The summed E-state index contributed by atoms with van der Waals surface area (Å²) in [5.74, 6) is 0.690. The van der Waals surface area contributed by atoms with Gasteiger partial charge < -0.3 is 5.32 Å². The van der Waals surface area contributed by atoms with Crippen LogP contribution in [0.4, 0.5) is 0 Å². The topological polar surface area (TPSA) is 55.6 Å². The van der Waals surface area contributed by atoms with Crippen molar-refractivity contribution in [2.45, 2.75) is 36.3 Å². The first-order valence-electron chi connectivity index (χ1n) is 6.79. The summed E-state index contributed by atoms with van der Waals surface area (Å²) >= 11 is 13.8. The molecule has 0 saturated heterocycles. The number of hydrogen-bond acceptors (Lipinski definition) is 5. The van der Waals surface area contributed by atoms with Gasteiger partial charge in [-0.05, 0) is 34.9 Å². The fraction of sp³-hybridized carbons (Fsp3) is 0.462. The average molecular weight is 344 g/mol. The molecule has 112 valence electrons. The van der Waals surface area contributed by atoms with Crippen molar-refractivity contribution in [3.05, 3.63) is 33.8 Å². The third-order valence-corrected chi connectivity index (χ3v) is 5.09. The first kappa shape index (κ1) is 15.1. The van der Waals surface area contributed by atoms with E-state index >= 15 is 0 Å². The van der Waals surface area contributed by atoms with E-state index in [4.69, 9.17) is 23.2 Å². The second kappa shape index (κ2) is 6.96. The van der Waals surface area contributed by atoms with E-state index in [9.17, 15) is 0 Å². The smallest absolute Gasteiger partial charge is 0.209 e. The molecule has 8 heteroatoms. The summed E-state index contributed by atoms with van der Waals surface area (Å²) < 4.78 is 1.82. The predicted octanol–water partition coefficient (Wildman–Crippen LogP) is 3.02. The van der Waals surface area contributed by atoms with Gasteiger partial charge in [-0.15, -0.1) is 5.10 Å². The predicted molar refractivity (Wildman–Crippen MR) is 84.9 cm³/mol. The lowest BCUT2D eigenvalue weighted by Gasteiger charge is -2.07. The number of thioether (sulfide) groups is 1. The quantitative estimate of drug-likeness (QED) is 0.783. The number of hydrogen-bond donors (Lipinski definition) is 1. The number of halogens is 2. The second-order valence-corrected chi connectivity index (χ2v) is 6.64. The van der Waals surface area contributed by atoms with E-state index in [0.717, 1.165) is 23.8 Å².